The number of pyridine rings is 1. The summed E-state index contributed by atoms with van der Waals surface area (Å²) in [6.07, 6.45) is 1.67. The van der Waals surface area contributed by atoms with Gasteiger partial charge in [-0.25, -0.2) is 0 Å². The van der Waals surface area contributed by atoms with E-state index in [-0.39, 0.29) is 11.5 Å². The molecule has 3 aromatic rings. The zero-order chi connectivity index (χ0) is 16.0. The van der Waals surface area contributed by atoms with E-state index in [9.17, 15) is 4.79 Å². The molecule has 0 radical (unpaired) electrons. The summed E-state index contributed by atoms with van der Waals surface area (Å²) < 4.78 is 7.08. The Kier molecular flexibility index (Phi) is 3.19. The summed E-state index contributed by atoms with van der Waals surface area (Å²) in [7, 11) is 1.77. The number of ether oxygens (including phenoxy) is 1. The van der Waals surface area contributed by atoms with Gasteiger partial charge in [-0.1, -0.05) is 0 Å². The fourth-order valence-electron chi connectivity index (χ4n) is 3.10. The molecule has 1 aliphatic rings. The van der Waals surface area contributed by atoms with Crippen LogP contribution in [0, 0.1) is 0 Å². The van der Waals surface area contributed by atoms with Gasteiger partial charge in [0.25, 0.3) is 0 Å². The van der Waals surface area contributed by atoms with Crippen molar-refractivity contribution >= 4 is 16.9 Å². The molecule has 0 aromatic carbocycles. The van der Waals surface area contributed by atoms with Crippen LogP contribution in [0.15, 0.2) is 23.1 Å². The Morgan fingerprint density at radius 2 is 2.30 bits per heavy atom. The molecule has 0 bridgehead atoms. The molecular weight excluding hydrogens is 296 g/mol. The van der Waals surface area contributed by atoms with E-state index in [0.29, 0.717) is 24.4 Å². The van der Waals surface area contributed by atoms with Crippen molar-refractivity contribution in [2.75, 3.05) is 24.7 Å². The lowest BCUT2D eigenvalue weighted by atomic mass is 10.2. The Morgan fingerprint density at radius 1 is 1.43 bits per heavy atom. The Balaban J connectivity index is 1.92. The van der Waals surface area contributed by atoms with Gasteiger partial charge in [0, 0.05) is 25.9 Å². The lowest BCUT2D eigenvalue weighted by Crippen LogP contribution is -2.44. The third kappa shape index (κ3) is 2.22. The van der Waals surface area contributed by atoms with Gasteiger partial charge in [-0.05, 0) is 13.0 Å². The van der Waals surface area contributed by atoms with Crippen molar-refractivity contribution in [3.8, 4) is 11.4 Å². The molecule has 3 aromatic heterocycles. The second-order valence-corrected chi connectivity index (χ2v) is 5.80. The van der Waals surface area contributed by atoms with E-state index in [2.05, 4.69) is 32.1 Å². The first-order chi connectivity index (χ1) is 11.1. The second-order valence-electron chi connectivity index (χ2n) is 5.80. The molecule has 0 amide bonds. The molecule has 1 saturated heterocycles. The smallest absolute Gasteiger partial charge is 0.209 e. The number of rotatable bonds is 2. The number of aromatic nitrogens is 5. The van der Waals surface area contributed by atoms with Crippen molar-refractivity contribution in [2.45, 2.75) is 13.0 Å². The van der Waals surface area contributed by atoms with Crippen molar-refractivity contribution < 1.29 is 4.74 Å². The molecule has 2 N–H and O–H groups in total. The molecule has 1 fully saturated rings. The Labute approximate surface area is 132 Å². The number of anilines is 1. The van der Waals surface area contributed by atoms with Crippen LogP contribution in [0.1, 0.15) is 6.92 Å². The van der Waals surface area contributed by atoms with Crippen LogP contribution in [0.2, 0.25) is 0 Å². The average Bonchev–Trinajstić information content (AvgIpc) is 3.16. The number of aryl methyl sites for hydroxylation is 1. The summed E-state index contributed by atoms with van der Waals surface area (Å²) in [6.45, 7) is 4.15. The predicted octanol–water partition coefficient (Wildman–Crippen LogP) is 0.877. The summed E-state index contributed by atoms with van der Waals surface area (Å²) in [5.74, 6) is 0.798. The predicted molar refractivity (Wildman–Crippen MR) is 86.5 cm³/mol. The molecule has 4 heterocycles. The van der Waals surface area contributed by atoms with Gasteiger partial charge in [-0.3, -0.25) is 14.6 Å². The van der Waals surface area contributed by atoms with Gasteiger partial charge in [0.05, 0.1) is 30.5 Å². The second kappa shape index (κ2) is 5.24. The Bertz CT molecular complexity index is 895. The fraction of sp³-hybridized carbons (Fsp3) is 0.400. The number of aromatic amines is 2. The first-order valence-corrected chi connectivity index (χ1v) is 7.59. The van der Waals surface area contributed by atoms with Crippen LogP contribution in [0.5, 0.6) is 0 Å². The van der Waals surface area contributed by atoms with Crippen molar-refractivity contribution in [3.05, 3.63) is 28.6 Å². The van der Waals surface area contributed by atoms with E-state index in [1.807, 2.05) is 6.07 Å². The number of hydrogen-bond donors (Lipinski definition) is 2. The van der Waals surface area contributed by atoms with Gasteiger partial charge in [-0.15, -0.1) is 0 Å². The van der Waals surface area contributed by atoms with Gasteiger partial charge >= 0.3 is 0 Å². The molecule has 1 aliphatic heterocycles. The molecule has 120 valence electrons. The highest BCUT2D eigenvalue weighted by molar-refractivity contribution is 5.89. The molecule has 0 saturated carbocycles. The molecule has 1 atom stereocenters. The normalized spacial score (nSPS) is 18.7. The minimum atomic E-state index is -0.0480. The topological polar surface area (TPSA) is 91.8 Å². The molecule has 8 heteroatoms. The van der Waals surface area contributed by atoms with Crippen molar-refractivity contribution in [1.29, 1.82) is 0 Å². The van der Waals surface area contributed by atoms with Crippen molar-refractivity contribution in [1.82, 2.24) is 25.0 Å². The van der Waals surface area contributed by atoms with Crippen LogP contribution in [-0.2, 0) is 11.8 Å². The van der Waals surface area contributed by atoms with E-state index < -0.39 is 0 Å². The fourth-order valence-corrected chi connectivity index (χ4v) is 3.10. The maximum Gasteiger partial charge on any atom is 0.209 e. The molecule has 0 spiro atoms. The minimum absolute atomic E-state index is 0.0480. The standard InChI is InChI=1S/C15H18N6O2/c1-9-8-23-6-5-21(9)12-7-11(22)15-14(17-12)13(19-20(15)2)10-3-4-16-18-10/h3-4,7,9H,5-6,8H2,1-2H3,(H,16,18)(H,17,22). The van der Waals surface area contributed by atoms with Crippen LogP contribution >= 0.6 is 0 Å². The number of nitrogens with zero attached hydrogens (tertiary/aromatic N) is 4. The van der Waals surface area contributed by atoms with E-state index in [1.165, 1.54) is 0 Å². The third-order valence-corrected chi connectivity index (χ3v) is 4.23. The lowest BCUT2D eigenvalue weighted by Gasteiger charge is -2.34. The van der Waals surface area contributed by atoms with Crippen LogP contribution in [0.4, 0.5) is 5.82 Å². The first-order valence-electron chi connectivity index (χ1n) is 7.59. The quantitative estimate of drug-likeness (QED) is 0.732. The summed E-state index contributed by atoms with van der Waals surface area (Å²) >= 11 is 0. The zero-order valence-corrected chi connectivity index (χ0v) is 13.0. The van der Waals surface area contributed by atoms with Crippen LogP contribution in [0.25, 0.3) is 22.4 Å². The number of hydrogen-bond acceptors (Lipinski definition) is 5. The van der Waals surface area contributed by atoms with Crippen LogP contribution in [0.3, 0.4) is 0 Å². The first kappa shape index (κ1) is 14.0. The van der Waals surface area contributed by atoms with Gasteiger partial charge in [0.1, 0.15) is 17.0 Å². The number of nitrogens with one attached hydrogen (secondary N) is 2. The van der Waals surface area contributed by atoms with E-state index in [1.54, 1.807) is 24.0 Å². The highest BCUT2D eigenvalue weighted by Gasteiger charge is 2.22. The van der Waals surface area contributed by atoms with Crippen LogP contribution in [-0.4, -0.2) is 50.8 Å². The zero-order valence-electron chi connectivity index (χ0n) is 13.0. The van der Waals surface area contributed by atoms with Gasteiger partial charge in [0.15, 0.2) is 0 Å². The number of fused-ring (bicyclic) bond motifs is 1. The Hall–Kier alpha value is -2.61. The molecule has 0 aliphatic carbocycles. The summed E-state index contributed by atoms with van der Waals surface area (Å²) in [5, 5.41) is 11.3. The maximum atomic E-state index is 12.6. The van der Waals surface area contributed by atoms with Gasteiger partial charge in [0.2, 0.25) is 5.43 Å². The van der Waals surface area contributed by atoms with Crippen LogP contribution < -0.4 is 10.3 Å². The van der Waals surface area contributed by atoms with E-state index >= 15 is 0 Å². The largest absolute Gasteiger partial charge is 0.377 e. The highest BCUT2D eigenvalue weighted by atomic mass is 16.5. The number of H-pyrrole nitrogens is 2. The highest BCUT2D eigenvalue weighted by Crippen LogP contribution is 2.25. The van der Waals surface area contributed by atoms with Crippen molar-refractivity contribution in [2.24, 2.45) is 7.05 Å². The lowest BCUT2D eigenvalue weighted by molar-refractivity contribution is 0.0985. The monoisotopic (exact) mass is 314 g/mol. The molecule has 4 rings (SSSR count). The van der Waals surface area contributed by atoms with Crippen molar-refractivity contribution in [3.63, 3.8) is 0 Å². The summed E-state index contributed by atoms with van der Waals surface area (Å²) in [5.41, 5.74) is 2.70. The molecular formula is C15H18N6O2. The number of morpholine rings is 1. The average molecular weight is 314 g/mol. The SMILES string of the molecule is CC1COCCN1c1cc(=O)c2c([nH]1)c(-c1ccn[nH]1)nn2C. The molecule has 23 heavy (non-hydrogen) atoms. The molecule has 8 nitrogen and oxygen atoms in total. The third-order valence-electron chi connectivity index (χ3n) is 4.23. The molecule has 1 unspecified atom stereocenters. The van der Waals surface area contributed by atoms with E-state index in [4.69, 9.17) is 4.74 Å². The maximum absolute atomic E-state index is 12.6. The summed E-state index contributed by atoms with van der Waals surface area (Å²) in [4.78, 5) is 18.1. The Morgan fingerprint density at radius 3 is 3.04 bits per heavy atom. The van der Waals surface area contributed by atoms with Gasteiger partial charge < -0.3 is 14.6 Å². The minimum Gasteiger partial charge on any atom is -0.377 e. The summed E-state index contributed by atoms with van der Waals surface area (Å²) in [6, 6.07) is 3.69. The van der Waals surface area contributed by atoms with E-state index in [0.717, 1.165) is 23.6 Å². The van der Waals surface area contributed by atoms with Gasteiger partial charge in [-0.2, -0.15) is 10.2 Å².